The first-order valence-corrected chi connectivity index (χ1v) is 7.82. The molecule has 1 aliphatic carbocycles. The van der Waals surface area contributed by atoms with Crippen LogP contribution >= 0.6 is 0 Å². The van der Waals surface area contributed by atoms with E-state index in [9.17, 15) is 5.53 Å². The molecule has 6 heteroatoms. The van der Waals surface area contributed by atoms with E-state index in [1.807, 2.05) is 33.8 Å². The molecule has 0 aromatic carbocycles. The van der Waals surface area contributed by atoms with Crippen LogP contribution in [0.25, 0.3) is 5.53 Å². The van der Waals surface area contributed by atoms with Crippen molar-refractivity contribution in [2.75, 3.05) is 26.3 Å². The zero-order valence-electron chi connectivity index (χ0n) is 13.8. The van der Waals surface area contributed by atoms with Crippen molar-refractivity contribution in [2.24, 2.45) is 0 Å². The number of allylic oxidation sites excluding steroid dienone is 1. The van der Waals surface area contributed by atoms with Crippen molar-refractivity contribution in [3.05, 3.63) is 29.2 Å². The second kappa shape index (κ2) is 7.58. The standard InChI is InChI=1S/C16H25N3O3/c1-11(2)21-15-10-14(19-5-7-20-8-6-19)16(22-12(3)4)9-13(15)18-17/h9-12,14H,5-8H2,1-4H3. The van der Waals surface area contributed by atoms with Gasteiger partial charge in [0.1, 0.15) is 5.76 Å². The van der Waals surface area contributed by atoms with Gasteiger partial charge in [-0.15, -0.1) is 0 Å². The summed E-state index contributed by atoms with van der Waals surface area (Å²) in [4.78, 5) is 5.63. The lowest BCUT2D eigenvalue weighted by atomic mass is 10.0. The molecule has 0 saturated carbocycles. The molecule has 1 heterocycles. The number of hydrogen-bond acceptors (Lipinski definition) is 4. The molecule has 0 N–H and O–H groups in total. The van der Waals surface area contributed by atoms with Crippen molar-refractivity contribution in [1.29, 1.82) is 0 Å². The van der Waals surface area contributed by atoms with Gasteiger partial charge in [-0.1, -0.05) is 0 Å². The molecule has 6 nitrogen and oxygen atoms in total. The molecule has 122 valence electrons. The summed E-state index contributed by atoms with van der Waals surface area (Å²) in [5, 5.41) is 0. The Hall–Kier alpha value is -1.62. The van der Waals surface area contributed by atoms with Crippen LogP contribution in [0.1, 0.15) is 27.7 Å². The molecule has 1 atom stereocenters. The number of morpholine rings is 1. The molecule has 0 spiro atoms. The fourth-order valence-corrected chi connectivity index (χ4v) is 2.55. The monoisotopic (exact) mass is 307 g/mol. The van der Waals surface area contributed by atoms with Gasteiger partial charge in [0.15, 0.2) is 0 Å². The Morgan fingerprint density at radius 3 is 2.36 bits per heavy atom. The minimum Gasteiger partial charge on any atom is -0.493 e. The second-order valence-corrected chi connectivity index (χ2v) is 5.99. The number of rotatable bonds is 5. The molecular weight excluding hydrogens is 282 g/mol. The first-order chi connectivity index (χ1) is 10.5. The summed E-state index contributed by atoms with van der Waals surface area (Å²) in [5.74, 6) is 1.37. The Bertz CT molecular complexity index is 499. The summed E-state index contributed by atoms with van der Waals surface area (Å²) in [7, 11) is 0. The number of nitrogens with zero attached hydrogens (tertiary/aromatic N) is 3. The smallest absolute Gasteiger partial charge is 0.359 e. The van der Waals surface area contributed by atoms with Crippen LogP contribution in [0, 0.1) is 0 Å². The Labute approximate surface area is 132 Å². The summed E-state index contributed by atoms with van der Waals surface area (Å²) < 4.78 is 17.1. The summed E-state index contributed by atoms with van der Waals surface area (Å²) in [6.07, 6.45) is 3.79. The van der Waals surface area contributed by atoms with Crippen LogP contribution in [-0.2, 0) is 14.2 Å². The van der Waals surface area contributed by atoms with Crippen molar-refractivity contribution < 1.29 is 19.0 Å². The van der Waals surface area contributed by atoms with Crippen LogP contribution in [0.4, 0.5) is 0 Å². The molecule has 0 aromatic heterocycles. The van der Waals surface area contributed by atoms with Gasteiger partial charge >= 0.3 is 5.71 Å². The highest BCUT2D eigenvalue weighted by atomic mass is 16.5. The zero-order chi connectivity index (χ0) is 16.1. The minimum absolute atomic E-state index is 0.00862. The van der Waals surface area contributed by atoms with Crippen molar-refractivity contribution in [2.45, 2.75) is 45.9 Å². The van der Waals surface area contributed by atoms with Gasteiger partial charge in [0.25, 0.3) is 0 Å². The molecule has 1 aliphatic heterocycles. The average Bonchev–Trinajstić information content (AvgIpc) is 2.48. The maximum Gasteiger partial charge on any atom is 0.359 e. The van der Waals surface area contributed by atoms with Crippen molar-refractivity contribution >= 4 is 5.71 Å². The van der Waals surface area contributed by atoms with Gasteiger partial charge < -0.3 is 19.7 Å². The second-order valence-electron chi connectivity index (χ2n) is 5.99. The summed E-state index contributed by atoms with van der Waals surface area (Å²) in [6, 6.07) is -0.0226. The predicted octanol–water partition coefficient (Wildman–Crippen LogP) is 1.99. The normalized spacial score (nSPS) is 23.2. The zero-order valence-corrected chi connectivity index (χ0v) is 13.8. The predicted molar refractivity (Wildman–Crippen MR) is 83.4 cm³/mol. The van der Waals surface area contributed by atoms with Gasteiger partial charge in [-0.3, -0.25) is 4.90 Å². The van der Waals surface area contributed by atoms with Crippen molar-refractivity contribution in [3.8, 4) is 0 Å². The molecule has 1 fully saturated rings. The quantitative estimate of drug-likeness (QED) is 0.575. The van der Waals surface area contributed by atoms with Crippen LogP contribution in [0.15, 0.2) is 23.7 Å². The number of ether oxygens (including phenoxy) is 3. The lowest BCUT2D eigenvalue weighted by Crippen LogP contribution is -2.45. The molecular formula is C16H25N3O3. The molecule has 22 heavy (non-hydrogen) atoms. The Morgan fingerprint density at radius 1 is 1.18 bits per heavy atom. The van der Waals surface area contributed by atoms with Gasteiger partial charge in [-0.05, 0) is 33.8 Å². The molecule has 0 bridgehead atoms. The Morgan fingerprint density at radius 2 is 1.82 bits per heavy atom. The van der Waals surface area contributed by atoms with Crippen molar-refractivity contribution in [3.63, 3.8) is 0 Å². The van der Waals surface area contributed by atoms with Gasteiger partial charge in [-0.25, -0.2) is 0 Å². The van der Waals surface area contributed by atoms with E-state index in [-0.39, 0.29) is 18.2 Å². The minimum atomic E-state index is -0.0226. The highest BCUT2D eigenvalue weighted by Gasteiger charge is 2.33. The molecule has 0 aromatic rings. The van der Waals surface area contributed by atoms with Crippen LogP contribution < -0.4 is 0 Å². The summed E-state index contributed by atoms with van der Waals surface area (Å²) in [5.41, 5.74) is 9.65. The van der Waals surface area contributed by atoms with Gasteiger partial charge in [0.2, 0.25) is 5.76 Å². The summed E-state index contributed by atoms with van der Waals surface area (Å²) >= 11 is 0. The first-order valence-electron chi connectivity index (χ1n) is 7.82. The Kier molecular flexibility index (Phi) is 5.77. The van der Waals surface area contributed by atoms with Crippen LogP contribution in [0.3, 0.4) is 0 Å². The largest absolute Gasteiger partial charge is 0.493 e. The van der Waals surface area contributed by atoms with E-state index in [1.165, 1.54) is 0 Å². The van der Waals surface area contributed by atoms with Gasteiger partial charge in [0.05, 0.1) is 37.5 Å². The van der Waals surface area contributed by atoms with E-state index in [1.54, 1.807) is 6.08 Å². The molecule has 1 saturated heterocycles. The van der Waals surface area contributed by atoms with E-state index in [2.05, 4.69) is 9.69 Å². The third-order valence-corrected chi connectivity index (χ3v) is 3.41. The molecule has 1 unspecified atom stereocenters. The number of hydrogen-bond donors (Lipinski definition) is 0. The van der Waals surface area contributed by atoms with Crippen LogP contribution in [0.5, 0.6) is 0 Å². The van der Waals surface area contributed by atoms with E-state index < -0.39 is 0 Å². The first kappa shape index (κ1) is 16.7. The van der Waals surface area contributed by atoms with E-state index in [0.717, 1.165) is 18.8 Å². The topological polar surface area (TPSA) is 67.3 Å². The fourth-order valence-electron chi connectivity index (χ4n) is 2.55. The van der Waals surface area contributed by atoms with Crippen molar-refractivity contribution in [1.82, 2.24) is 4.90 Å². The van der Waals surface area contributed by atoms with E-state index in [4.69, 9.17) is 14.2 Å². The summed E-state index contributed by atoms with van der Waals surface area (Å²) in [6.45, 7) is 10.9. The lowest BCUT2D eigenvalue weighted by molar-refractivity contribution is -0.0135. The molecule has 2 aliphatic rings. The van der Waals surface area contributed by atoms with Crippen LogP contribution in [0.2, 0.25) is 0 Å². The third kappa shape index (κ3) is 4.19. The third-order valence-electron chi connectivity index (χ3n) is 3.41. The average molecular weight is 307 g/mol. The van der Waals surface area contributed by atoms with Crippen LogP contribution in [-0.4, -0.2) is 60.0 Å². The Balaban J connectivity index is 2.30. The SMILES string of the molecule is CC(C)OC1=CC(N2CCOCC2)C(OC(C)C)=CC1=[N+]=[N-]. The van der Waals surface area contributed by atoms with E-state index in [0.29, 0.717) is 24.7 Å². The lowest BCUT2D eigenvalue weighted by Gasteiger charge is -2.35. The molecule has 2 rings (SSSR count). The van der Waals surface area contributed by atoms with Gasteiger partial charge in [-0.2, -0.15) is 4.79 Å². The molecule has 0 radical (unpaired) electrons. The van der Waals surface area contributed by atoms with E-state index >= 15 is 0 Å². The molecule has 0 amide bonds. The highest BCUT2D eigenvalue weighted by Crippen LogP contribution is 2.24. The highest BCUT2D eigenvalue weighted by molar-refractivity contribution is 6.04. The van der Waals surface area contributed by atoms with Gasteiger partial charge in [0, 0.05) is 13.1 Å². The maximum atomic E-state index is 9.26. The maximum absolute atomic E-state index is 9.26. The fraction of sp³-hybridized carbons (Fsp3) is 0.688.